The molecule has 0 aromatic carbocycles. The zero-order valence-electron chi connectivity index (χ0n) is 14.5. The van der Waals surface area contributed by atoms with Crippen LogP contribution >= 0.6 is 23.5 Å². The highest BCUT2D eigenvalue weighted by Gasteiger charge is 2.54. The molecule has 2 aromatic rings. The lowest BCUT2D eigenvalue weighted by Crippen LogP contribution is -2.70. The number of nitrogens with one attached hydrogen (secondary N) is 2. The van der Waals surface area contributed by atoms with Crippen LogP contribution in [0.3, 0.4) is 0 Å². The van der Waals surface area contributed by atoms with Gasteiger partial charge in [-0.2, -0.15) is 5.10 Å². The molecule has 1 saturated heterocycles. The van der Waals surface area contributed by atoms with Gasteiger partial charge in [-0.3, -0.25) is 19.6 Å². The summed E-state index contributed by atoms with van der Waals surface area (Å²) in [7, 11) is 0. The van der Waals surface area contributed by atoms with E-state index in [-0.39, 0.29) is 29.0 Å². The first-order valence-electron chi connectivity index (χ1n) is 8.25. The number of carboxylic acid groups (broad SMARTS) is 1. The van der Waals surface area contributed by atoms with Gasteiger partial charge in [0.1, 0.15) is 22.9 Å². The van der Waals surface area contributed by atoms with Crippen molar-refractivity contribution in [1.82, 2.24) is 30.4 Å². The van der Waals surface area contributed by atoms with E-state index in [4.69, 9.17) is 5.73 Å². The second-order valence-corrected chi connectivity index (χ2v) is 8.18. The molecule has 4 heterocycles. The van der Waals surface area contributed by atoms with Crippen LogP contribution in [0.15, 0.2) is 22.0 Å². The van der Waals surface area contributed by atoms with Crippen molar-refractivity contribution in [3.8, 4) is 0 Å². The Morgan fingerprint density at radius 2 is 2.29 bits per heavy atom. The fraction of sp³-hybridized carbons (Fsp3) is 0.333. The number of aliphatic carboxylic acids is 1. The lowest BCUT2D eigenvalue weighted by Gasteiger charge is -2.49. The Morgan fingerprint density at radius 1 is 1.50 bits per heavy atom. The minimum absolute atomic E-state index is 0.118. The molecule has 146 valence electrons. The van der Waals surface area contributed by atoms with Gasteiger partial charge in [0, 0.05) is 17.1 Å². The molecule has 0 saturated carbocycles. The molecule has 0 radical (unpaired) electrons. The second kappa shape index (κ2) is 6.98. The van der Waals surface area contributed by atoms with Crippen molar-refractivity contribution in [1.29, 1.82) is 0 Å². The number of hydrogen-bond donors (Lipinski definition) is 4. The number of aromatic amines is 1. The number of carbonyl (C=O) groups is 3. The highest BCUT2D eigenvalue weighted by atomic mass is 32.2. The van der Waals surface area contributed by atoms with E-state index in [2.05, 4.69) is 25.5 Å². The van der Waals surface area contributed by atoms with Crippen LogP contribution in [0.1, 0.15) is 13.3 Å². The quantitative estimate of drug-likeness (QED) is 0.385. The molecule has 1 unspecified atom stereocenters. The van der Waals surface area contributed by atoms with E-state index in [9.17, 15) is 19.5 Å². The summed E-state index contributed by atoms with van der Waals surface area (Å²) in [5.41, 5.74) is 6.22. The number of aromatic nitrogens is 4. The predicted molar refractivity (Wildman–Crippen MR) is 102 cm³/mol. The van der Waals surface area contributed by atoms with Gasteiger partial charge in [-0.25, -0.2) is 14.8 Å². The van der Waals surface area contributed by atoms with Gasteiger partial charge in [0.05, 0.1) is 11.6 Å². The van der Waals surface area contributed by atoms with Crippen molar-refractivity contribution in [3.05, 3.63) is 16.8 Å². The molecule has 0 bridgehead atoms. The number of β-lactam (4-membered cyclic amide) rings is 1. The fourth-order valence-corrected chi connectivity index (χ4v) is 5.35. The molecule has 2 amide bonds. The zero-order chi connectivity index (χ0) is 20.0. The van der Waals surface area contributed by atoms with Crippen molar-refractivity contribution in [3.63, 3.8) is 0 Å². The van der Waals surface area contributed by atoms with Crippen LogP contribution in [-0.4, -0.2) is 65.1 Å². The smallest absolute Gasteiger partial charge is 0.353 e. The number of carbonyl (C=O) groups excluding carboxylic acids is 2. The summed E-state index contributed by atoms with van der Waals surface area (Å²) in [6.45, 7) is 1.68. The first kappa shape index (κ1) is 18.6. The second-order valence-electron chi connectivity index (χ2n) is 6.01. The van der Waals surface area contributed by atoms with Gasteiger partial charge in [0.15, 0.2) is 10.8 Å². The van der Waals surface area contributed by atoms with Gasteiger partial charge in [-0.15, -0.1) is 11.8 Å². The molecule has 0 spiro atoms. The van der Waals surface area contributed by atoms with Crippen LogP contribution in [0, 0.1) is 0 Å². The summed E-state index contributed by atoms with van der Waals surface area (Å²) in [4.78, 5) is 46.1. The number of carboxylic acids is 1. The summed E-state index contributed by atoms with van der Waals surface area (Å²) in [5.74, 6) is -1.36. The van der Waals surface area contributed by atoms with Crippen molar-refractivity contribution < 1.29 is 19.5 Å². The number of rotatable bonds is 5. The van der Waals surface area contributed by atoms with Crippen molar-refractivity contribution >= 4 is 58.2 Å². The van der Waals surface area contributed by atoms with Gasteiger partial charge in [-0.1, -0.05) is 18.7 Å². The normalized spacial score (nSPS) is 21.5. The number of thioether (sulfide) groups is 2. The third-order valence-electron chi connectivity index (χ3n) is 4.31. The Labute approximate surface area is 166 Å². The van der Waals surface area contributed by atoms with Crippen LogP contribution in [0.25, 0.3) is 11.0 Å². The van der Waals surface area contributed by atoms with E-state index in [1.807, 2.05) is 0 Å². The number of nitrogen functional groups attached to an aromatic ring is 1. The highest BCUT2D eigenvalue weighted by molar-refractivity contribution is 8.06. The Hall–Kier alpha value is -2.80. The van der Waals surface area contributed by atoms with Crippen molar-refractivity contribution in [2.24, 2.45) is 0 Å². The van der Waals surface area contributed by atoms with Gasteiger partial charge < -0.3 is 16.2 Å². The monoisotopic (exact) mass is 421 g/mol. The summed E-state index contributed by atoms with van der Waals surface area (Å²) in [6.07, 6.45) is 1.75. The maximum Gasteiger partial charge on any atom is 0.353 e. The lowest BCUT2D eigenvalue weighted by atomic mass is 10.0. The molecule has 13 heteroatoms. The molecule has 2 aromatic heterocycles. The summed E-state index contributed by atoms with van der Waals surface area (Å²) < 4.78 is 0. The Balaban J connectivity index is 1.63. The Kier molecular flexibility index (Phi) is 4.63. The topological polar surface area (TPSA) is 167 Å². The summed E-state index contributed by atoms with van der Waals surface area (Å²) in [5, 5.41) is 19.3. The summed E-state index contributed by atoms with van der Waals surface area (Å²) in [6, 6.07) is -0.716. The Bertz CT molecular complexity index is 1040. The number of nitrogens with two attached hydrogens (primary N) is 1. The molecule has 5 N–H and O–H groups in total. The van der Waals surface area contributed by atoms with Gasteiger partial charge >= 0.3 is 5.97 Å². The standard InChI is InChI=1S/C15H15N7O4S2/c1-2-7(23)18-8-12(24)22-9(14(25)26)6(4-27-13(8)22)28-15-19-10(16)5-3-17-21-11(5)20-15/h3,8,13H,2,4H2,1H3,(H,18,23)(H,25,26)(H3,16,17,19,20,21)/t8?,13-/m1/s1. The zero-order valence-corrected chi connectivity index (χ0v) is 16.1. The largest absolute Gasteiger partial charge is 0.477 e. The minimum Gasteiger partial charge on any atom is -0.477 e. The van der Waals surface area contributed by atoms with E-state index < -0.39 is 23.3 Å². The third-order valence-corrected chi connectivity index (χ3v) is 6.72. The fourth-order valence-electron chi connectivity index (χ4n) is 2.94. The highest BCUT2D eigenvalue weighted by Crippen LogP contribution is 2.44. The molecule has 2 aliphatic heterocycles. The molecule has 4 rings (SSSR count). The number of nitrogens with zero attached hydrogens (tertiary/aromatic N) is 4. The number of anilines is 1. The van der Waals surface area contributed by atoms with E-state index in [1.165, 1.54) is 22.9 Å². The molecule has 0 aliphatic carbocycles. The third kappa shape index (κ3) is 2.96. The summed E-state index contributed by atoms with van der Waals surface area (Å²) >= 11 is 2.42. The average Bonchev–Trinajstić information content (AvgIpc) is 3.14. The van der Waals surface area contributed by atoms with Crippen LogP contribution in [0.4, 0.5) is 5.82 Å². The molecular weight excluding hydrogens is 406 g/mol. The number of amides is 2. The molecule has 2 atom stereocenters. The number of hydrogen-bond acceptors (Lipinski definition) is 9. The maximum absolute atomic E-state index is 12.5. The average molecular weight is 421 g/mol. The maximum atomic E-state index is 12.5. The van der Waals surface area contributed by atoms with E-state index in [1.54, 1.807) is 6.92 Å². The predicted octanol–water partition coefficient (Wildman–Crippen LogP) is 0.133. The van der Waals surface area contributed by atoms with Crippen LogP contribution < -0.4 is 11.1 Å². The molecule has 28 heavy (non-hydrogen) atoms. The minimum atomic E-state index is -1.22. The van der Waals surface area contributed by atoms with Crippen LogP contribution in [0.2, 0.25) is 0 Å². The van der Waals surface area contributed by atoms with E-state index >= 15 is 0 Å². The van der Waals surface area contributed by atoms with Crippen LogP contribution in [0.5, 0.6) is 0 Å². The molecule has 2 aliphatic rings. The SMILES string of the molecule is CCC(=O)NC1C(=O)N2C(C(=O)O)=C(Sc3nc(N)c4cn[nH]c4n3)CS[C@H]12. The van der Waals surface area contributed by atoms with Crippen molar-refractivity contribution in [2.75, 3.05) is 11.5 Å². The first-order chi connectivity index (χ1) is 13.4. The van der Waals surface area contributed by atoms with E-state index in [0.29, 0.717) is 21.7 Å². The van der Waals surface area contributed by atoms with E-state index in [0.717, 1.165) is 11.8 Å². The Morgan fingerprint density at radius 3 is 3.00 bits per heavy atom. The number of fused-ring (bicyclic) bond motifs is 2. The molecule has 11 nitrogen and oxygen atoms in total. The first-order valence-corrected chi connectivity index (χ1v) is 10.1. The van der Waals surface area contributed by atoms with Gasteiger partial charge in [0.25, 0.3) is 5.91 Å². The lowest BCUT2D eigenvalue weighted by molar-refractivity contribution is -0.150. The van der Waals surface area contributed by atoms with Gasteiger partial charge in [0.2, 0.25) is 5.91 Å². The van der Waals surface area contributed by atoms with Crippen LogP contribution in [-0.2, 0) is 14.4 Å². The molecular formula is C15H15N7O4S2. The van der Waals surface area contributed by atoms with Gasteiger partial charge in [-0.05, 0) is 0 Å². The van der Waals surface area contributed by atoms with Crippen molar-refractivity contribution in [2.45, 2.75) is 29.9 Å². The molecule has 1 fully saturated rings. The number of H-pyrrole nitrogens is 1.